The van der Waals surface area contributed by atoms with E-state index in [2.05, 4.69) is 43.0 Å². The highest BCUT2D eigenvalue weighted by atomic mass is 16.6. The molecule has 0 radical (unpaired) electrons. The van der Waals surface area contributed by atoms with Crippen LogP contribution < -0.4 is 0 Å². The quantitative estimate of drug-likeness (QED) is 0.580. The zero-order chi connectivity index (χ0) is 19.1. The molecule has 2 saturated carbocycles. The third kappa shape index (κ3) is 2.22. The van der Waals surface area contributed by atoms with Gasteiger partial charge in [-0.3, -0.25) is 9.69 Å². The lowest BCUT2D eigenvalue weighted by Crippen LogP contribution is -2.54. The summed E-state index contributed by atoms with van der Waals surface area (Å²) >= 11 is 0. The highest BCUT2D eigenvalue weighted by Gasteiger charge is 2.78. The van der Waals surface area contributed by atoms with Crippen molar-refractivity contribution < 1.29 is 14.3 Å². The Bertz CT molecular complexity index is 824. The first-order valence-corrected chi connectivity index (χ1v) is 11.2. The summed E-state index contributed by atoms with van der Waals surface area (Å²) in [6, 6.07) is 8.71. The predicted octanol–water partition coefficient (Wildman–Crippen LogP) is 3.57. The van der Waals surface area contributed by atoms with Crippen LogP contribution >= 0.6 is 0 Å². The van der Waals surface area contributed by atoms with Gasteiger partial charge in [0.05, 0.1) is 12.0 Å². The SMILES string of the molecule is C[C@H]1CCC[C@]2(C)C[C@H]3OC(=O)[C@@H](CN4CCc5ccccc5C4)[C@H]3[C@@H]3O[C@@]132. The minimum atomic E-state index is -0.0293. The van der Waals surface area contributed by atoms with Gasteiger partial charge in [-0.25, -0.2) is 0 Å². The van der Waals surface area contributed by atoms with E-state index in [0.717, 1.165) is 32.5 Å². The third-order valence-corrected chi connectivity index (χ3v) is 8.86. The second-order valence-corrected chi connectivity index (χ2v) is 10.3. The van der Waals surface area contributed by atoms with E-state index in [1.165, 1.54) is 30.4 Å². The van der Waals surface area contributed by atoms with Crippen LogP contribution in [0.4, 0.5) is 0 Å². The summed E-state index contributed by atoms with van der Waals surface area (Å²) in [6.45, 7) is 7.55. The van der Waals surface area contributed by atoms with Crippen molar-refractivity contribution in [2.24, 2.45) is 23.2 Å². The van der Waals surface area contributed by atoms with Gasteiger partial charge < -0.3 is 9.47 Å². The van der Waals surface area contributed by atoms with Crippen molar-refractivity contribution in [3.05, 3.63) is 35.4 Å². The number of nitrogens with zero attached hydrogens (tertiary/aromatic N) is 1. The second-order valence-electron chi connectivity index (χ2n) is 10.3. The first kappa shape index (κ1) is 17.5. The van der Waals surface area contributed by atoms with Crippen molar-refractivity contribution in [2.45, 2.75) is 70.3 Å². The Morgan fingerprint density at radius 1 is 1.25 bits per heavy atom. The molecular weight excluding hydrogens is 350 g/mol. The number of esters is 1. The van der Waals surface area contributed by atoms with Crippen molar-refractivity contribution in [3.8, 4) is 0 Å². The van der Waals surface area contributed by atoms with E-state index in [0.29, 0.717) is 5.92 Å². The Hall–Kier alpha value is -1.39. The van der Waals surface area contributed by atoms with Gasteiger partial charge in [-0.2, -0.15) is 0 Å². The fourth-order valence-electron chi connectivity index (χ4n) is 7.43. The molecule has 3 heterocycles. The largest absolute Gasteiger partial charge is 0.462 e. The van der Waals surface area contributed by atoms with E-state index in [1.54, 1.807) is 0 Å². The zero-order valence-corrected chi connectivity index (χ0v) is 17.0. The highest BCUT2D eigenvalue weighted by Crippen LogP contribution is 2.70. The monoisotopic (exact) mass is 381 g/mol. The third-order valence-electron chi connectivity index (χ3n) is 8.86. The lowest BCUT2D eigenvalue weighted by Gasteiger charge is -2.49. The van der Waals surface area contributed by atoms with Crippen LogP contribution in [0, 0.1) is 23.2 Å². The molecule has 0 aromatic heterocycles. The van der Waals surface area contributed by atoms with Gasteiger partial charge in [0, 0.05) is 31.0 Å². The van der Waals surface area contributed by atoms with E-state index in [9.17, 15) is 4.79 Å². The topological polar surface area (TPSA) is 42.1 Å². The zero-order valence-electron chi connectivity index (χ0n) is 17.0. The van der Waals surface area contributed by atoms with Crippen LogP contribution in [0.1, 0.15) is 50.7 Å². The molecule has 0 bridgehead atoms. The molecule has 1 spiro atoms. The van der Waals surface area contributed by atoms with Gasteiger partial charge in [0.2, 0.25) is 0 Å². The van der Waals surface area contributed by atoms with Gasteiger partial charge in [0.1, 0.15) is 11.7 Å². The molecule has 0 unspecified atom stereocenters. The molecule has 5 aliphatic rings. The molecule has 7 atom stereocenters. The van der Waals surface area contributed by atoms with E-state index in [-0.39, 0.29) is 41.0 Å². The number of rotatable bonds is 2. The number of epoxide rings is 1. The van der Waals surface area contributed by atoms with Crippen molar-refractivity contribution in [1.82, 2.24) is 4.90 Å². The van der Waals surface area contributed by atoms with Gasteiger partial charge >= 0.3 is 5.97 Å². The molecule has 4 heteroatoms. The maximum atomic E-state index is 12.9. The van der Waals surface area contributed by atoms with Crippen LogP contribution in [0.2, 0.25) is 0 Å². The summed E-state index contributed by atoms with van der Waals surface area (Å²) in [4.78, 5) is 15.4. The number of fused-ring (bicyclic) bond motifs is 3. The molecule has 0 N–H and O–H groups in total. The van der Waals surface area contributed by atoms with Crippen LogP contribution in [0.3, 0.4) is 0 Å². The summed E-state index contributed by atoms with van der Waals surface area (Å²) in [6.07, 6.45) is 6.09. The molecule has 1 aromatic rings. The lowest BCUT2D eigenvalue weighted by molar-refractivity contribution is -0.146. The van der Waals surface area contributed by atoms with Gasteiger partial charge in [0.25, 0.3) is 0 Å². The molecule has 2 aliphatic carbocycles. The minimum Gasteiger partial charge on any atom is -0.462 e. The summed E-state index contributed by atoms with van der Waals surface area (Å²) < 4.78 is 12.6. The normalized spacial score (nSPS) is 46.8. The van der Waals surface area contributed by atoms with E-state index >= 15 is 0 Å². The van der Waals surface area contributed by atoms with Gasteiger partial charge in [-0.1, -0.05) is 44.5 Å². The Balaban J connectivity index is 1.24. The Morgan fingerprint density at radius 3 is 2.93 bits per heavy atom. The summed E-state index contributed by atoms with van der Waals surface area (Å²) in [5.41, 5.74) is 3.05. The molecule has 3 aliphatic heterocycles. The van der Waals surface area contributed by atoms with E-state index < -0.39 is 0 Å². The number of carbonyl (C=O) groups excluding carboxylic acids is 1. The van der Waals surface area contributed by atoms with E-state index in [1.807, 2.05) is 0 Å². The predicted molar refractivity (Wildman–Crippen MR) is 106 cm³/mol. The first-order valence-electron chi connectivity index (χ1n) is 11.2. The number of carbonyl (C=O) groups is 1. The molecule has 28 heavy (non-hydrogen) atoms. The molecule has 6 rings (SSSR count). The van der Waals surface area contributed by atoms with Crippen LogP contribution in [-0.4, -0.2) is 41.8 Å². The van der Waals surface area contributed by atoms with Crippen LogP contribution in [0.15, 0.2) is 24.3 Å². The summed E-state index contributed by atoms with van der Waals surface area (Å²) in [5.74, 6) is 0.835. The van der Waals surface area contributed by atoms with Crippen molar-refractivity contribution in [3.63, 3.8) is 0 Å². The van der Waals surface area contributed by atoms with Crippen LogP contribution in [-0.2, 0) is 27.2 Å². The Kier molecular flexibility index (Phi) is 3.63. The van der Waals surface area contributed by atoms with Crippen LogP contribution in [0.25, 0.3) is 0 Å². The Morgan fingerprint density at radius 2 is 2.07 bits per heavy atom. The average Bonchev–Trinajstić information content (AvgIpc) is 3.37. The average molecular weight is 382 g/mol. The number of hydrogen-bond donors (Lipinski definition) is 0. The van der Waals surface area contributed by atoms with Crippen molar-refractivity contribution in [2.75, 3.05) is 13.1 Å². The smallest absolute Gasteiger partial charge is 0.311 e. The van der Waals surface area contributed by atoms with Gasteiger partial charge in [-0.05, 0) is 42.7 Å². The van der Waals surface area contributed by atoms with E-state index in [4.69, 9.17) is 9.47 Å². The fourth-order valence-corrected chi connectivity index (χ4v) is 7.43. The summed E-state index contributed by atoms with van der Waals surface area (Å²) in [7, 11) is 0. The first-order chi connectivity index (χ1) is 13.5. The van der Waals surface area contributed by atoms with Crippen molar-refractivity contribution >= 4 is 5.97 Å². The van der Waals surface area contributed by atoms with Crippen molar-refractivity contribution in [1.29, 1.82) is 0 Å². The molecule has 150 valence electrons. The van der Waals surface area contributed by atoms with Gasteiger partial charge in [-0.15, -0.1) is 0 Å². The lowest BCUT2D eigenvalue weighted by atomic mass is 9.53. The fraction of sp³-hybridized carbons (Fsp3) is 0.708. The minimum absolute atomic E-state index is 0.00709. The number of hydrogen-bond acceptors (Lipinski definition) is 4. The molecule has 1 aromatic carbocycles. The maximum Gasteiger partial charge on any atom is 0.311 e. The van der Waals surface area contributed by atoms with Crippen LogP contribution in [0.5, 0.6) is 0 Å². The molecule has 4 nitrogen and oxygen atoms in total. The van der Waals surface area contributed by atoms with Gasteiger partial charge in [0.15, 0.2) is 0 Å². The summed E-state index contributed by atoms with van der Waals surface area (Å²) in [5, 5.41) is 0. The number of ether oxygens (including phenoxy) is 2. The maximum absolute atomic E-state index is 12.9. The molecule has 0 amide bonds. The standard InChI is InChI=1S/C24H31NO3/c1-15-6-5-10-23(2)12-19-20(21-24(15,23)28-21)18(22(26)27-19)14-25-11-9-16-7-3-4-8-17(16)13-25/h3-4,7-8,15,18-21H,5-6,9-14H2,1-2H3/t15-,18-,19+,20+,21-,23+,24-/m0/s1. The second kappa shape index (κ2) is 5.82. The molecule has 4 fully saturated rings. The number of benzene rings is 1. The highest BCUT2D eigenvalue weighted by molar-refractivity contribution is 5.76. The molecular formula is C24H31NO3. The molecule has 2 saturated heterocycles. The Labute approximate surface area is 167 Å².